The fraction of sp³-hybridized carbons (Fsp3) is 0.719. The first-order valence-corrected chi connectivity index (χ1v) is 16.7. The SMILES string of the molecule is CCCCCCCCN(C(=O)C(CCSC)NC(=O)OC(C)(C)C)C(C(=O)NC1CCCCC1)c1ccccc1. The first-order valence-electron chi connectivity index (χ1n) is 15.3. The van der Waals surface area contributed by atoms with Gasteiger partial charge in [-0.05, 0) is 64.0 Å². The number of carbonyl (C=O) groups excluding carboxylic acids is 3. The van der Waals surface area contributed by atoms with Crippen molar-refractivity contribution in [1.29, 1.82) is 0 Å². The summed E-state index contributed by atoms with van der Waals surface area (Å²) in [5.74, 6) is 0.320. The van der Waals surface area contributed by atoms with Crippen LogP contribution in [-0.2, 0) is 14.3 Å². The van der Waals surface area contributed by atoms with Gasteiger partial charge in [-0.1, -0.05) is 88.6 Å². The lowest BCUT2D eigenvalue weighted by Crippen LogP contribution is -2.54. The largest absolute Gasteiger partial charge is 0.444 e. The van der Waals surface area contributed by atoms with E-state index < -0.39 is 23.8 Å². The van der Waals surface area contributed by atoms with Crippen molar-refractivity contribution in [3.63, 3.8) is 0 Å². The number of carbonyl (C=O) groups is 3. The highest BCUT2D eigenvalue weighted by atomic mass is 32.2. The van der Waals surface area contributed by atoms with Crippen molar-refractivity contribution < 1.29 is 19.1 Å². The molecular formula is C32H53N3O4S. The van der Waals surface area contributed by atoms with E-state index in [9.17, 15) is 14.4 Å². The highest BCUT2D eigenvalue weighted by Gasteiger charge is 2.36. The molecule has 0 saturated heterocycles. The lowest BCUT2D eigenvalue weighted by molar-refractivity contribution is -0.143. The molecule has 0 bridgehead atoms. The van der Waals surface area contributed by atoms with Gasteiger partial charge < -0.3 is 20.3 Å². The van der Waals surface area contributed by atoms with Crippen molar-refractivity contribution in [2.24, 2.45) is 0 Å². The van der Waals surface area contributed by atoms with Crippen molar-refractivity contribution in [2.45, 2.75) is 128 Å². The minimum absolute atomic E-state index is 0.130. The molecule has 0 radical (unpaired) electrons. The van der Waals surface area contributed by atoms with Gasteiger partial charge in [0.1, 0.15) is 17.7 Å². The summed E-state index contributed by atoms with van der Waals surface area (Å²) in [5.41, 5.74) is 0.109. The van der Waals surface area contributed by atoms with Crippen molar-refractivity contribution in [2.75, 3.05) is 18.6 Å². The maximum Gasteiger partial charge on any atom is 0.408 e. The lowest BCUT2D eigenvalue weighted by atomic mass is 9.94. The van der Waals surface area contributed by atoms with Gasteiger partial charge >= 0.3 is 6.09 Å². The predicted molar refractivity (Wildman–Crippen MR) is 165 cm³/mol. The summed E-state index contributed by atoms with van der Waals surface area (Å²) in [7, 11) is 0. The topological polar surface area (TPSA) is 87.7 Å². The number of hydrogen-bond acceptors (Lipinski definition) is 5. The standard InChI is InChI=1S/C32H53N3O4S/c1-6-7-8-9-10-17-23-35(30(37)27(22-24-40-5)34-31(38)39-32(2,3)4)28(25-18-13-11-14-19-25)29(36)33-26-20-15-12-16-21-26/h11,13-14,18-19,26-28H,6-10,12,15-17,20-24H2,1-5H3,(H,33,36)(H,34,38). The number of hydrogen-bond donors (Lipinski definition) is 2. The number of benzene rings is 1. The Balaban J connectivity index is 2.37. The van der Waals surface area contributed by atoms with Gasteiger partial charge in [0, 0.05) is 12.6 Å². The molecule has 1 aromatic carbocycles. The zero-order chi connectivity index (χ0) is 29.4. The van der Waals surface area contributed by atoms with E-state index in [1.54, 1.807) is 37.4 Å². The number of amides is 3. The third-order valence-electron chi connectivity index (χ3n) is 7.26. The molecule has 40 heavy (non-hydrogen) atoms. The summed E-state index contributed by atoms with van der Waals surface area (Å²) in [6.45, 7) is 8.06. The second kappa shape index (κ2) is 18.3. The van der Waals surface area contributed by atoms with Gasteiger partial charge in [0.15, 0.2) is 0 Å². The van der Waals surface area contributed by atoms with Crippen molar-refractivity contribution in [3.05, 3.63) is 35.9 Å². The average molecular weight is 576 g/mol. The molecule has 1 aliphatic rings. The van der Waals surface area contributed by atoms with E-state index in [0.29, 0.717) is 18.7 Å². The first-order chi connectivity index (χ1) is 19.2. The lowest BCUT2D eigenvalue weighted by Gasteiger charge is -2.36. The molecule has 7 nitrogen and oxygen atoms in total. The van der Waals surface area contributed by atoms with E-state index in [-0.39, 0.29) is 17.9 Å². The molecule has 2 N–H and O–H groups in total. The molecule has 0 heterocycles. The fourth-order valence-electron chi connectivity index (χ4n) is 5.21. The molecule has 8 heteroatoms. The number of rotatable bonds is 16. The van der Waals surface area contributed by atoms with E-state index in [4.69, 9.17) is 4.74 Å². The van der Waals surface area contributed by atoms with Crippen LogP contribution in [0.25, 0.3) is 0 Å². The van der Waals surface area contributed by atoms with Crippen molar-refractivity contribution >= 4 is 29.7 Å². The maximum absolute atomic E-state index is 14.3. The predicted octanol–water partition coefficient (Wildman–Crippen LogP) is 7.01. The molecule has 1 aromatic rings. The van der Waals surface area contributed by atoms with Crippen LogP contribution in [0.4, 0.5) is 4.79 Å². The molecule has 1 fully saturated rings. The van der Waals surface area contributed by atoms with Crippen LogP contribution in [-0.4, -0.2) is 59.0 Å². The summed E-state index contributed by atoms with van der Waals surface area (Å²) in [5, 5.41) is 6.11. The molecule has 0 aliphatic heterocycles. The van der Waals surface area contributed by atoms with Crippen LogP contribution in [0.1, 0.15) is 116 Å². The van der Waals surface area contributed by atoms with E-state index in [1.165, 1.54) is 25.7 Å². The van der Waals surface area contributed by atoms with Gasteiger partial charge in [0.2, 0.25) is 11.8 Å². The zero-order valence-corrected chi connectivity index (χ0v) is 26.3. The van der Waals surface area contributed by atoms with Crippen LogP contribution in [0.5, 0.6) is 0 Å². The second-order valence-electron chi connectivity index (χ2n) is 11.9. The number of alkyl carbamates (subject to hydrolysis) is 1. The molecule has 0 spiro atoms. The summed E-state index contributed by atoms with van der Waals surface area (Å²) < 4.78 is 5.50. The van der Waals surface area contributed by atoms with Crippen molar-refractivity contribution in [1.82, 2.24) is 15.5 Å². The quantitative estimate of drug-likeness (QED) is 0.207. The van der Waals surface area contributed by atoms with E-state index in [0.717, 1.165) is 50.5 Å². The third kappa shape index (κ3) is 12.5. The minimum atomic E-state index is -0.781. The molecular weight excluding hydrogens is 522 g/mol. The first kappa shape index (κ1) is 34.0. The van der Waals surface area contributed by atoms with Crippen molar-refractivity contribution in [3.8, 4) is 0 Å². The Morgan fingerprint density at radius 2 is 1.65 bits per heavy atom. The summed E-state index contributed by atoms with van der Waals surface area (Å²) in [6, 6.07) is 8.17. The maximum atomic E-state index is 14.3. The van der Waals surface area contributed by atoms with Crippen LogP contribution in [0.15, 0.2) is 30.3 Å². The van der Waals surface area contributed by atoms with Crippen LogP contribution in [0.3, 0.4) is 0 Å². The molecule has 0 aromatic heterocycles. The van der Waals surface area contributed by atoms with Crippen LogP contribution in [0, 0.1) is 0 Å². The minimum Gasteiger partial charge on any atom is -0.444 e. The third-order valence-corrected chi connectivity index (χ3v) is 7.91. The highest BCUT2D eigenvalue weighted by molar-refractivity contribution is 7.98. The van der Waals surface area contributed by atoms with Gasteiger partial charge in [-0.2, -0.15) is 11.8 Å². The summed E-state index contributed by atoms with van der Waals surface area (Å²) in [4.78, 5) is 42.7. The highest BCUT2D eigenvalue weighted by Crippen LogP contribution is 2.26. The molecule has 1 aliphatic carbocycles. The molecule has 2 unspecified atom stereocenters. The van der Waals surface area contributed by atoms with E-state index in [1.807, 2.05) is 36.6 Å². The monoisotopic (exact) mass is 575 g/mol. The molecule has 2 rings (SSSR count). The summed E-state index contributed by atoms with van der Waals surface area (Å²) >= 11 is 1.62. The van der Waals surface area contributed by atoms with E-state index in [2.05, 4.69) is 17.6 Å². The number of thioether (sulfide) groups is 1. The number of unbranched alkanes of at least 4 members (excludes halogenated alkanes) is 5. The Labute approximate surface area is 246 Å². The number of nitrogens with zero attached hydrogens (tertiary/aromatic N) is 1. The number of ether oxygens (including phenoxy) is 1. The molecule has 3 amide bonds. The Bertz CT molecular complexity index is 884. The van der Waals surface area contributed by atoms with Crippen LogP contribution < -0.4 is 10.6 Å². The average Bonchev–Trinajstić information content (AvgIpc) is 2.92. The van der Waals surface area contributed by atoms with Crippen LogP contribution >= 0.6 is 11.8 Å². The van der Waals surface area contributed by atoms with Gasteiger partial charge in [-0.3, -0.25) is 9.59 Å². The molecule has 2 atom stereocenters. The van der Waals surface area contributed by atoms with E-state index >= 15 is 0 Å². The Kier molecular flexibility index (Phi) is 15.5. The van der Waals surface area contributed by atoms with Gasteiger partial charge in [-0.15, -0.1) is 0 Å². The zero-order valence-electron chi connectivity index (χ0n) is 25.5. The Hall–Kier alpha value is -2.22. The normalized spacial score (nSPS) is 15.6. The Morgan fingerprint density at radius 1 is 1.00 bits per heavy atom. The second-order valence-corrected chi connectivity index (χ2v) is 12.9. The van der Waals surface area contributed by atoms with Crippen LogP contribution in [0.2, 0.25) is 0 Å². The van der Waals surface area contributed by atoms with Gasteiger partial charge in [0.25, 0.3) is 0 Å². The fourth-order valence-corrected chi connectivity index (χ4v) is 5.68. The molecule has 1 saturated carbocycles. The smallest absolute Gasteiger partial charge is 0.408 e. The van der Waals surface area contributed by atoms with Gasteiger partial charge in [0.05, 0.1) is 0 Å². The number of nitrogens with one attached hydrogen (secondary N) is 2. The Morgan fingerprint density at radius 3 is 2.27 bits per heavy atom. The summed E-state index contributed by atoms with van der Waals surface area (Å²) in [6.07, 6.45) is 13.6. The molecule has 226 valence electrons. The van der Waals surface area contributed by atoms with Gasteiger partial charge in [-0.25, -0.2) is 4.79 Å².